The molecule has 25 heavy (non-hydrogen) atoms. The first kappa shape index (κ1) is 20.4. The van der Waals surface area contributed by atoms with E-state index in [0.717, 1.165) is 9.35 Å². The Morgan fingerprint density at radius 1 is 1.28 bits per heavy atom. The second-order valence-electron chi connectivity index (χ2n) is 5.14. The normalized spacial score (nSPS) is 11.7. The Morgan fingerprint density at radius 2 is 1.96 bits per heavy atom. The van der Waals surface area contributed by atoms with Gasteiger partial charge >= 0.3 is 0 Å². The summed E-state index contributed by atoms with van der Waals surface area (Å²) in [5.41, 5.74) is 0.144. The lowest BCUT2D eigenvalue weighted by Crippen LogP contribution is -2.31. The van der Waals surface area contributed by atoms with Crippen LogP contribution < -0.4 is 5.32 Å². The Hall–Kier alpha value is -0.930. The van der Waals surface area contributed by atoms with Crippen LogP contribution in [0.4, 0.5) is 0 Å². The van der Waals surface area contributed by atoms with Crippen LogP contribution in [0.15, 0.2) is 39.0 Å². The summed E-state index contributed by atoms with van der Waals surface area (Å²) in [6.45, 7) is 4.60. The van der Waals surface area contributed by atoms with Crippen molar-refractivity contribution in [3.63, 3.8) is 0 Å². The van der Waals surface area contributed by atoms with Crippen LogP contribution in [0, 0.1) is 0 Å². The molecule has 1 heterocycles. The zero-order valence-corrected chi connectivity index (χ0v) is 17.7. The molecule has 5 nitrogen and oxygen atoms in total. The van der Waals surface area contributed by atoms with Crippen LogP contribution in [0.25, 0.3) is 0 Å². The number of halogens is 2. The van der Waals surface area contributed by atoms with Crippen LogP contribution in [0.1, 0.15) is 29.1 Å². The molecular weight excluding hydrogens is 448 g/mol. The molecule has 136 valence electrons. The molecule has 0 aliphatic rings. The predicted molar refractivity (Wildman–Crippen MR) is 105 cm³/mol. The fourth-order valence-corrected chi connectivity index (χ4v) is 5.34. The van der Waals surface area contributed by atoms with Crippen molar-refractivity contribution in [2.45, 2.75) is 25.3 Å². The van der Waals surface area contributed by atoms with Crippen molar-refractivity contribution in [3.05, 3.63) is 49.6 Å². The van der Waals surface area contributed by atoms with E-state index in [1.807, 2.05) is 11.4 Å². The van der Waals surface area contributed by atoms with Crippen molar-refractivity contribution in [1.82, 2.24) is 9.62 Å². The molecule has 1 aromatic carbocycles. The molecule has 1 amide bonds. The van der Waals surface area contributed by atoms with E-state index < -0.39 is 15.9 Å². The van der Waals surface area contributed by atoms with Crippen LogP contribution in [0.2, 0.25) is 5.02 Å². The second-order valence-corrected chi connectivity index (χ2v) is 9.40. The molecule has 9 heteroatoms. The van der Waals surface area contributed by atoms with Gasteiger partial charge in [-0.15, -0.1) is 11.3 Å². The lowest BCUT2D eigenvalue weighted by molar-refractivity contribution is 0.0951. The highest BCUT2D eigenvalue weighted by atomic mass is 79.9. The molecule has 1 aromatic heterocycles. The van der Waals surface area contributed by atoms with Gasteiger partial charge in [0.15, 0.2) is 0 Å². The van der Waals surface area contributed by atoms with E-state index in [2.05, 4.69) is 21.2 Å². The average Bonchev–Trinajstić information content (AvgIpc) is 2.99. The number of hydrogen-bond acceptors (Lipinski definition) is 4. The predicted octanol–water partition coefficient (Wildman–Crippen LogP) is 4.12. The number of carbonyl (C=O) groups excluding carboxylic acids is 1. The maximum Gasteiger partial charge on any atom is 0.253 e. The van der Waals surface area contributed by atoms with Gasteiger partial charge in [0.1, 0.15) is 0 Å². The number of hydrogen-bond donors (Lipinski definition) is 1. The SMILES string of the molecule is CCN(CC)S(=O)(=O)c1ccc(Cl)c(C(=O)NCc2cc(Br)cs2)c1. The van der Waals surface area contributed by atoms with Gasteiger partial charge in [-0.05, 0) is 40.2 Å². The second kappa shape index (κ2) is 8.64. The van der Waals surface area contributed by atoms with E-state index in [1.165, 1.54) is 33.8 Å². The first-order valence-electron chi connectivity index (χ1n) is 7.60. The number of benzene rings is 1. The molecule has 0 unspecified atom stereocenters. The number of nitrogens with zero attached hydrogens (tertiary/aromatic N) is 1. The van der Waals surface area contributed by atoms with Crippen LogP contribution in [0.5, 0.6) is 0 Å². The van der Waals surface area contributed by atoms with Crippen LogP contribution >= 0.6 is 38.9 Å². The minimum Gasteiger partial charge on any atom is -0.347 e. The zero-order valence-electron chi connectivity index (χ0n) is 13.8. The molecule has 0 saturated carbocycles. The quantitative estimate of drug-likeness (QED) is 0.669. The summed E-state index contributed by atoms with van der Waals surface area (Å²) in [4.78, 5) is 13.5. The van der Waals surface area contributed by atoms with Gasteiger partial charge in [0.05, 0.1) is 22.0 Å². The summed E-state index contributed by atoms with van der Waals surface area (Å²) >= 11 is 11.0. The van der Waals surface area contributed by atoms with E-state index >= 15 is 0 Å². The molecule has 1 N–H and O–H groups in total. The molecule has 0 bridgehead atoms. The minimum atomic E-state index is -3.65. The van der Waals surface area contributed by atoms with Gasteiger partial charge in [0.25, 0.3) is 5.91 Å². The fraction of sp³-hybridized carbons (Fsp3) is 0.312. The number of rotatable bonds is 7. The number of nitrogens with one attached hydrogen (secondary N) is 1. The lowest BCUT2D eigenvalue weighted by atomic mass is 10.2. The van der Waals surface area contributed by atoms with E-state index in [0.29, 0.717) is 19.6 Å². The smallest absolute Gasteiger partial charge is 0.253 e. The summed E-state index contributed by atoms with van der Waals surface area (Å²) in [7, 11) is -3.65. The van der Waals surface area contributed by atoms with Gasteiger partial charge in [-0.1, -0.05) is 25.4 Å². The summed E-state index contributed by atoms with van der Waals surface area (Å²) < 4.78 is 27.5. The third-order valence-electron chi connectivity index (χ3n) is 3.57. The van der Waals surface area contributed by atoms with Gasteiger partial charge in [0.2, 0.25) is 10.0 Å². The Morgan fingerprint density at radius 3 is 2.52 bits per heavy atom. The Bertz CT molecular complexity index is 864. The first-order chi connectivity index (χ1) is 11.8. The highest BCUT2D eigenvalue weighted by Gasteiger charge is 2.23. The van der Waals surface area contributed by atoms with Crippen molar-refractivity contribution in [3.8, 4) is 0 Å². The summed E-state index contributed by atoms with van der Waals surface area (Å²) in [6.07, 6.45) is 0. The number of sulfonamides is 1. The van der Waals surface area contributed by atoms with Crippen LogP contribution in [0.3, 0.4) is 0 Å². The molecule has 0 radical (unpaired) electrons. The van der Waals surface area contributed by atoms with Gasteiger partial charge in [-0.3, -0.25) is 4.79 Å². The van der Waals surface area contributed by atoms with E-state index in [-0.39, 0.29) is 15.5 Å². The maximum atomic E-state index is 12.6. The molecule has 0 atom stereocenters. The average molecular weight is 466 g/mol. The van der Waals surface area contributed by atoms with Gasteiger partial charge in [-0.2, -0.15) is 4.31 Å². The summed E-state index contributed by atoms with van der Waals surface area (Å²) in [6, 6.07) is 6.10. The molecule has 0 saturated heterocycles. The van der Waals surface area contributed by atoms with E-state index in [4.69, 9.17) is 11.6 Å². The molecule has 0 fully saturated rings. The standard InChI is InChI=1S/C16H18BrClN2O3S2/c1-3-20(4-2)25(22,23)13-5-6-15(18)14(8-13)16(21)19-9-12-7-11(17)10-24-12/h5-8,10H,3-4,9H2,1-2H3,(H,19,21). The fourth-order valence-electron chi connectivity index (χ4n) is 2.26. The topological polar surface area (TPSA) is 66.5 Å². The van der Waals surface area contributed by atoms with Gasteiger partial charge in [-0.25, -0.2) is 8.42 Å². The Labute approximate surface area is 165 Å². The number of thiophene rings is 1. The Kier molecular flexibility index (Phi) is 7.04. The molecule has 0 aliphatic carbocycles. The maximum absolute atomic E-state index is 12.6. The van der Waals surface area contributed by atoms with Crippen molar-refractivity contribution >= 4 is 54.8 Å². The number of amides is 1. The minimum absolute atomic E-state index is 0.0598. The van der Waals surface area contributed by atoms with Gasteiger partial charge in [0, 0.05) is 27.8 Å². The van der Waals surface area contributed by atoms with Crippen molar-refractivity contribution < 1.29 is 13.2 Å². The summed E-state index contributed by atoms with van der Waals surface area (Å²) in [5.74, 6) is -0.411. The molecule has 0 spiro atoms. The number of carbonyl (C=O) groups is 1. The molecule has 0 aliphatic heterocycles. The third-order valence-corrected chi connectivity index (χ3v) is 7.64. The summed E-state index contributed by atoms with van der Waals surface area (Å²) in [5, 5.41) is 4.90. The zero-order chi connectivity index (χ0) is 18.6. The highest BCUT2D eigenvalue weighted by Crippen LogP contribution is 2.24. The first-order valence-corrected chi connectivity index (χ1v) is 11.1. The van der Waals surface area contributed by atoms with Crippen molar-refractivity contribution in [2.24, 2.45) is 0 Å². The van der Waals surface area contributed by atoms with Gasteiger partial charge < -0.3 is 5.32 Å². The van der Waals surface area contributed by atoms with E-state index in [1.54, 1.807) is 13.8 Å². The van der Waals surface area contributed by atoms with E-state index in [9.17, 15) is 13.2 Å². The molecule has 2 aromatic rings. The van der Waals surface area contributed by atoms with Crippen molar-refractivity contribution in [1.29, 1.82) is 0 Å². The van der Waals surface area contributed by atoms with Crippen molar-refractivity contribution in [2.75, 3.05) is 13.1 Å². The third kappa shape index (κ3) is 4.83. The highest BCUT2D eigenvalue weighted by molar-refractivity contribution is 9.10. The Balaban J connectivity index is 2.24. The monoisotopic (exact) mass is 464 g/mol. The van der Waals surface area contributed by atoms with Crippen LogP contribution in [-0.2, 0) is 16.6 Å². The van der Waals surface area contributed by atoms with Crippen LogP contribution in [-0.4, -0.2) is 31.7 Å². The largest absolute Gasteiger partial charge is 0.347 e. The molecule has 2 rings (SSSR count). The molecular formula is C16H18BrClN2O3S2. The lowest BCUT2D eigenvalue weighted by Gasteiger charge is -2.19.